The molecule has 0 spiro atoms. The molecule has 144 valence electrons. The lowest BCUT2D eigenvalue weighted by atomic mass is 9.98. The Morgan fingerprint density at radius 1 is 0.750 bits per heavy atom. The first kappa shape index (κ1) is 18.7. The Kier molecular flexibility index (Phi) is 5.20. The predicted molar refractivity (Wildman–Crippen MR) is 101 cm³/mol. The molecule has 2 nitrogen and oxygen atoms in total. The first-order chi connectivity index (χ1) is 13.5. The fourth-order valence-corrected chi connectivity index (χ4v) is 3.28. The minimum absolute atomic E-state index is 0.197. The van der Waals surface area contributed by atoms with Gasteiger partial charge in [-0.1, -0.05) is 48.5 Å². The number of benzene rings is 3. The van der Waals surface area contributed by atoms with Gasteiger partial charge in [-0.2, -0.15) is 0 Å². The van der Waals surface area contributed by atoms with E-state index in [1.54, 1.807) is 48.5 Å². The van der Waals surface area contributed by atoms with Gasteiger partial charge in [-0.25, -0.2) is 13.2 Å². The van der Waals surface area contributed by atoms with E-state index in [1.165, 1.54) is 13.0 Å². The van der Waals surface area contributed by atoms with E-state index >= 15 is 0 Å². The number of ether oxygens (including phenoxy) is 2. The van der Waals surface area contributed by atoms with Crippen molar-refractivity contribution in [2.24, 2.45) is 0 Å². The SMILES string of the molecule is Cc1ccc(-c2ccc(-c3ccc(C4OCCCO4)c(F)c3)cc2)c(F)c1F. The molecule has 1 heterocycles. The van der Waals surface area contributed by atoms with Gasteiger partial charge in [0.05, 0.1) is 13.2 Å². The molecule has 1 fully saturated rings. The lowest BCUT2D eigenvalue weighted by Crippen LogP contribution is -2.18. The van der Waals surface area contributed by atoms with Crippen LogP contribution in [0.2, 0.25) is 0 Å². The summed E-state index contributed by atoms with van der Waals surface area (Å²) in [5.41, 5.74) is 2.84. The molecule has 0 saturated carbocycles. The second-order valence-corrected chi connectivity index (χ2v) is 6.80. The molecule has 0 N–H and O–H groups in total. The van der Waals surface area contributed by atoms with Crippen LogP contribution < -0.4 is 0 Å². The minimum Gasteiger partial charge on any atom is -0.348 e. The molecule has 1 saturated heterocycles. The highest BCUT2D eigenvalue weighted by Crippen LogP contribution is 2.31. The van der Waals surface area contributed by atoms with Crippen molar-refractivity contribution in [1.29, 1.82) is 0 Å². The van der Waals surface area contributed by atoms with Gasteiger partial charge in [-0.15, -0.1) is 0 Å². The van der Waals surface area contributed by atoms with Crippen LogP contribution in [0, 0.1) is 24.4 Å². The van der Waals surface area contributed by atoms with Gasteiger partial charge in [0.25, 0.3) is 0 Å². The molecule has 3 aromatic rings. The fourth-order valence-electron chi connectivity index (χ4n) is 3.28. The molecular formula is C23H19F3O2. The molecule has 0 radical (unpaired) electrons. The summed E-state index contributed by atoms with van der Waals surface area (Å²) in [6, 6.07) is 14.9. The fraction of sp³-hybridized carbons (Fsp3) is 0.217. The largest absolute Gasteiger partial charge is 0.348 e. The number of rotatable bonds is 3. The summed E-state index contributed by atoms with van der Waals surface area (Å²) in [4.78, 5) is 0. The predicted octanol–water partition coefficient (Wildman–Crippen LogP) is 6.18. The summed E-state index contributed by atoms with van der Waals surface area (Å²) in [6.07, 6.45) is 0.123. The van der Waals surface area contributed by atoms with Crippen LogP contribution >= 0.6 is 0 Å². The van der Waals surface area contributed by atoms with Crippen molar-refractivity contribution < 1.29 is 22.6 Å². The van der Waals surface area contributed by atoms with Gasteiger partial charge < -0.3 is 9.47 Å². The molecule has 0 aliphatic carbocycles. The lowest BCUT2D eigenvalue weighted by molar-refractivity contribution is -0.184. The normalized spacial score (nSPS) is 15.0. The third-order valence-electron chi connectivity index (χ3n) is 4.89. The van der Waals surface area contributed by atoms with Gasteiger partial charge in [-0.3, -0.25) is 0 Å². The smallest absolute Gasteiger partial charge is 0.186 e. The number of halogens is 3. The highest BCUT2D eigenvalue weighted by atomic mass is 19.2. The second kappa shape index (κ2) is 7.78. The Bertz CT molecular complexity index is 993. The summed E-state index contributed by atoms with van der Waals surface area (Å²) in [5.74, 6) is -2.11. The number of hydrogen-bond donors (Lipinski definition) is 0. The Labute approximate surface area is 161 Å². The van der Waals surface area contributed by atoms with Gasteiger partial charge in [0, 0.05) is 11.1 Å². The zero-order valence-corrected chi connectivity index (χ0v) is 15.3. The van der Waals surface area contributed by atoms with Crippen molar-refractivity contribution in [1.82, 2.24) is 0 Å². The number of aryl methyl sites for hydroxylation is 1. The zero-order chi connectivity index (χ0) is 19.7. The third kappa shape index (κ3) is 3.55. The van der Waals surface area contributed by atoms with E-state index in [0.717, 1.165) is 12.0 Å². The van der Waals surface area contributed by atoms with Crippen LogP contribution in [0.15, 0.2) is 54.6 Å². The molecular weight excluding hydrogens is 365 g/mol. The average Bonchev–Trinajstić information content (AvgIpc) is 2.73. The summed E-state index contributed by atoms with van der Waals surface area (Å²) >= 11 is 0. The molecule has 4 rings (SSSR count). The quantitative estimate of drug-likeness (QED) is 0.537. The minimum atomic E-state index is -0.865. The third-order valence-corrected chi connectivity index (χ3v) is 4.89. The van der Waals surface area contributed by atoms with Crippen LogP contribution in [0.5, 0.6) is 0 Å². The Hall–Kier alpha value is -2.63. The maximum atomic E-state index is 14.5. The van der Waals surface area contributed by atoms with E-state index in [1.807, 2.05) is 0 Å². The van der Waals surface area contributed by atoms with Gasteiger partial charge in [-0.05, 0) is 41.7 Å². The van der Waals surface area contributed by atoms with Gasteiger partial charge in [0.2, 0.25) is 0 Å². The first-order valence-corrected chi connectivity index (χ1v) is 9.12. The van der Waals surface area contributed by atoms with E-state index in [2.05, 4.69) is 0 Å². The Morgan fingerprint density at radius 2 is 1.39 bits per heavy atom. The van der Waals surface area contributed by atoms with Crippen molar-refractivity contribution in [3.05, 3.63) is 83.2 Å². The van der Waals surface area contributed by atoms with Crippen LogP contribution in [-0.2, 0) is 9.47 Å². The van der Waals surface area contributed by atoms with E-state index in [-0.39, 0.29) is 11.1 Å². The monoisotopic (exact) mass is 384 g/mol. The summed E-state index contributed by atoms with van der Waals surface area (Å²) < 4.78 is 53.5. The number of hydrogen-bond acceptors (Lipinski definition) is 2. The van der Waals surface area contributed by atoms with E-state index in [9.17, 15) is 13.2 Å². The molecule has 0 bridgehead atoms. The summed E-state index contributed by atoms with van der Waals surface area (Å²) in [6.45, 7) is 2.61. The molecule has 5 heteroatoms. The molecule has 3 aromatic carbocycles. The van der Waals surface area contributed by atoms with Crippen LogP contribution in [-0.4, -0.2) is 13.2 Å². The standard InChI is InChI=1S/C23H19F3O2/c1-14-3-9-18(22(26)21(14)25)16-6-4-15(5-7-16)17-8-10-19(20(24)13-17)23-27-11-2-12-28-23/h3-10,13,23H,2,11-12H2,1H3. The summed E-state index contributed by atoms with van der Waals surface area (Å²) in [7, 11) is 0. The van der Waals surface area contributed by atoms with E-state index in [4.69, 9.17) is 9.47 Å². The van der Waals surface area contributed by atoms with Crippen molar-refractivity contribution >= 4 is 0 Å². The molecule has 1 aliphatic heterocycles. The van der Waals surface area contributed by atoms with E-state index < -0.39 is 23.7 Å². The average molecular weight is 384 g/mol. The van der Waals surface area contributed by atoms with Crippen LogP contribution in [0.3, 0.4) is 0 Å². The molecule has 1 aliphatic rings. The molecule has 28 heavy (non-hydrogen) atoms. The summed E-state index contributed by atoms with van der Waals surface area (Å²) in [5, 5.41) is 0. The van der Waals surface area contributed by atoms with E-state index in [0.29, 0.717) is 29.9 Å². The van der Waals surface area contributed by atoms with Crippen molar-refractivity contribution in [3.8, 4) is 22.3 Å². The lowest BCUT2D eigenvalue weighted by Gasteiger charge is -2.24. The van der Waals surface area contributed by atoms with Crippen LogP contribution in [0.1, 0.15) is 23.8 Å². The first-order valence-electron chi connectivity index (χ1n) is 9.12. The zero-order valence-electron chi connectivity index (χ0n) is 15.3. The highest BCUT2D eigenvalue weighted by molar-refractivity contribution is 5.71. The second-order valence-electron chi connectivity index (χ2n) is 6.80. The van der Waals surface area contributed by atoms with Crippen molar-refractivity contribution in [2.45, 2.75) is 19.6 Å². The maximum Gasteiger partial charge on any atom is 0.186 e. The topological polar surface area (TPSA) is 18.5 Å². The molecule has 0 aromatic heterocycles. The maximum absolute atomic E-state index is 14.5. The molecule has 0 unspecified atom stereocenters. The molecule has 0 amide bonds. The molecule has 0 atom stereocenters. The van der Waals surface area contributed by atoms with Crippen LogP contribution in [0.4, 0.5) is 13.2 Å². The van der Waals surface area contributed by atoms with Gasteiger partial charge >= 0.3 is 0 Å². The van der Waals surface area contributed by atoms with Crippen molar-refractivity contribution in [2.75, 3.05) is 13.2 Å². The van der Waals surface area contributed by atoms with Gasteiger partial charge in [0.15, 0.2) is 17.9 Å². The van der Waals surface area contributed by atoms with Crippen LogP contribution in [0.25, 0.3) is 22.3 Å². The van der Waals surface area contributed by atoms with Crippen molar-refractivity contribution in [3.63, 3.8) is 0 Å². The highest BCUT2D eigenvalue weighted by Gasteiger charge is 2.20. The Balaban J connectivity index is 1.61. The Morgan fingerprint density at radius 3 is 2.07 bits per heavy atom. The van der Waals surface area contributed by atoms with Gasteiger partial charge in [0.1, 0.15) is 5.82 Å².